The molecule has 0 aliphatic heterocycles. The van der Waals surface area contributed by atoms with Gasteiger partial charge in [-0.2, -0.15) is 0 Å². The summed E-state index contributed by atoms with van der Waals surface area (Å²) in [5.74, 6) is -0.276. The fourth-order valence-corrected chi connectivity index (χ4v) is 3.98. The van der Waals surface area contributed by atoms with E-state index in [4.69, 9.17) is 23.2 Å². The highest BCUT2D eigenvalue weighted by molar-refractivity contribution is 6.40. The van der Waals surface area contributed by atoms with Gasteiger partial charge in [0.1, 0.15) is 0 Å². The van der Waals surface area contributed by atoms with Crippen LogP contribution in [0, 0.1) is 12.8 Å². The monoisotopic (exact) mass is 416 g/mol. The smallest absolute Gasteiger partial charge is 0.265 e. The molecule has 3 rings (SSSR count). The molecule has 146 valence electrons. The van der Waals surface area contributed by atoms with Crippen LogP contribution < -0.4 is 5.32 Å². The van der Waals surface area contributed by atoms with E-state index in [0.29, 0.717) is 15.7 Å². The third kappa shape index (κ3) is 3.80. The van der Waals surface area contributed by atoms with E-state index in [1.807, 2.05) is 39.0 Å². The molecule has 1 aromatic heterocycles. The van der Waals surface area contributed by atoms with E-state index >= 15 is 0 Å². The molecule has 28 heavy (non-hydrogen) atoms. The molecule has 0 saturated heterocycles. The van der Waals surface area contributed by atoms with Crippen molar-refractivity contribution in [2.24, 2.45) is 5.92 Å². The number of anilines is 1. The molecular formula is C22H22Cl2N2O2. The minimum Gasteiger partial charge on any atom is -0.326 e. The van der Waals surface area contributed by atoms with E-state index in [2.05, 4.69) is 5.32 Å². The molecule has 0 aliphatic rings. The Kier molecular flexibility index (Phi) is 6.11. The largest absolute Gasteiger partial charge is 0.326 e. The first-order valence-electron chi connectivity index (χ1n) is 9.29. The summed E-state index contributed by atoms with van der Waals surface area (Å²) in [5.41, 5.74) is 2.49. The molecule has 0 spiro atoms. The summed E-state index contributed by atoms with van der Waals surface area (Å²) in [6.07, 6.45) is 1.60. The van der Waals surface area contributed by atoms with Crippen LogP contribution in [0.25, 0.3) is 10.9 Å². The van der Waals surface area contributed by atoms with Gasteiger partial charge in [0, 0.05) is 22.7 Å². The lowest BCUT2D eigenvalue weighted by atomic mass is 10.0. The second-order valence-corrected chi connectivity index (χ2v) is 7.61. The minimum absolute atomic E-state index is 0.00836. The van der Waals surface area contributed by atoms with Gasteiger partial charge in [-0.1, -0.05) is 43.1 Å². The molecule has 0 aliphatic carbocycles. The second-order valence-electron chi connectivity index (χ2n) is 6.80. The SMILES string of the molecule is CCC(CC)C(=O)Nc1ccc2c(c1)cc(C)n2C(=O)c1c(Cl)cccc1Cl. The van der Waals surface area contributed by atoms with Gasteiger partial charge in [-0.3, -0.25) is 14.2 Å². The Morgan fingerprint density at radius 2 is 1.68 bits per heavy atom. The van der Waals surface area contributed by atoms with Gasteiger partial charge < -0.3 is 5.32 Å². The summed E-state index contributed by atoms with van der Waals surface area (Å²) < 4.78 is 1.59. The fourth-order valence-electron chi connectivity index (χ4n) is 3.42. The Balaban J connectivity index is 1.99. The average Bonchev–Trinajstić information content (AvgIpc) is 2.97. The number of carbonyl (C=O) groups is 2. The molecule has 2 aromatic carbocycles. The number of fused-ring (bicyclic) bond motifs is 1. The standard InChI is InChI=1S/C22H22Cl2N2O2/c1-4-14(5-2)21(27)25-16-9-10-19-15(12-16)11-13(3)26(19)22(28)20-17(23)7-6-8-18(20)24/h6-12,14H,4-5H2,1-3H3,(H,25,27). The highest BCUT2D eigenvalue weighted by Crippen LogP contribution is 2.29. The molecule has 1 N–H and O–H groups in total. The lowest BCUT2D eigenvalue weighted by Crippen LogP contribution is -2.21. The van der Waals surface area contributed by atoms with Gasteiger partial charge in [-0.15, -0.1) is 0 Å². The highest BCUT2D eigenvalue weighted by Gasteiger charge is 2.21. The van der Waals surface area contributed by atoms with Crippen molar-refractivity contribution in [2.45, 2.75) is 33.6 Å². The third-order valence-electron chi connectivity index (χ3n) is 4.99. The summed E-state index contributed by atoms with van der Waals surface area (Å²) in [5, 5.41) is 4.45. The summed E-state index contributed by atoms with van der Waals surface area (Å²) in [4.78, 5) is 25.5. The van der Waals surface area contributed by atoms with Gasteiger partial charge >= 0.3 is 0 Å². The molecule has 1 amide bonds. The number of nitrogens with zero attached hydrogens (tertiary/aromatic N) is 1. The molecule has 3 aromatic rings. The van der Waals surface area contributed by atoms with Crippen LogP contribution in [0.3, 0.4) is 0 Å². The minimum atomic E-state index is -0.281. The maximum absolute atomic E-state index is 13.1. The molecule has 0 saturated carbocycles. The quantitative estimate of drug-likeness (QED) is 0.528. The zero-order valence-corrected chi connectivity index (χ0v) is 17.6. The van der Waals surface area contributed by atoms with E-state index < -0.39 is 0 Å². The number of amides is 1. The lowest BCUT2D eigenvalue weighted by Gasteiger charge is -2.13. The van der Waals surface area contributed by atoms with Crippen LogP contribution >= 0.6 is 23.2 Å². The molecule has 0 fully saturated rings. The van der Waals surface area contributed by atoms with E-state index in [9.17, 15) is 9.59 Å². The number of aryl methyl sites for hydroxylation is 1. The zero-order valence-electron chi connectivity index (χ0n) is 16.1. The number of nitrogens with one attached hydrogen (secondary N) is 1. The number of hydrogen-bond donors (Lipinski definition) is 1. The van der Waals surface area contributed by atoms with Gasteiger partial charge in [0.15, 0.2) is 0 Å². The Bertz CT molecular complexity index is 1030. The normalized spacial score (nSPS) is 11.2. The number of hydrogen-bond acceptors (Lipinski definition) is 2. The summed E-state index contributed by atoms with van der Waals surface area (Å²) in [7, 11) is 0. The molecule has 0 atom stereocenters. The van der Waals surface area contributed by atoms with Crippen molar-refractivity contribution in [3.05, 3.63) is 63.8 Å². The van der Waals surface area contributed by atoms with Crippen molar-refractivity contribution in [1.29, 1.82) is 0 Å². The van der Waals surface area contributed by atoms with Crippen LogP contribution in [-0.2, 0) is 4.79 Å². The highest BCUT2D eigenvalue weighted by atomic mass is 35.5. The topological polar surface area (TPSA) is 51.1 Å². The Labute approximate surface area is 174 Å². The van der Waals surface area contributed by atoms with E-state index in [1.165, 1.54) is 0 Å². The molecule has 0 unspecified atom stereocenters. The number of aromatic nitrogens is 1. The van der Waals surface area contributed by atoms with Crippen molar-refractivity contribution in [1.82, 2.24) is 4.57 Å². The van der Waals surface area contributed by atoms with Crippen LogP contribution in [0.4, 0.5) is 5.69 Å². The van der Waals surface area contributed by atoms with E-state index in [-0.39, 0.29) is 23.3 Å². The Morgan fingerprint density at radius 3 is 2.29 bits per heavy atom. The van der Waals surface area contributed by atoms with Crippen LogP contribution in [-0.4, -0.2) is 16.4 Å². The van der Waals surface area contributed by atoms with Gasteiger partial charge in [-0.05, 0) is 56.2 Å². The second kappa shape index (κ2) is 8.38. The van der Waals surface area contributed by atoms with Gasteiger partial charge in [0.2, 0.25) is 5.91 Å². The van der Waals surface area contributed by atoms with Crippen LogP contribution in [0.5, 0.6) is 0 Å². The van der Waals surface area contributed by atoms with Crippen molar-refractivity contribution in [3.63, 3.8) is 0 Å². The summed E-state index contributed by atoms with van der Waals surface area (Å²) >= 11 is 12.4. The molecule has 1 heterocycles. The molecule has 0 bridgehead atoms. The molecule has 4 nitrogen and oxygen atoms in total. The first kappa shape index (κ1) is 20.4. The number of benzene rings is 2. The molecular weight excluding hydrogens is 395 g/mol. The Hall–Kier alpha value is -2.30. The number of carbonyl (C=O) groups excluding carboxylic acids is 2. The van der Waals surface area contributed by atoms with Gasteiger partial charge in [0.25, 0.3) is 5.91 Å². The van der Waals surface area contributed by atoms with Crippen molar-refractivity contribution in [2.75, 3.05) is 5.32 Å². The zero-order chi connectivity index (χ0) is 20.4. The predicted octanol–water partition coefficient (Wildman–Crippen LogP) is 6.32. The Morgan fingerprint density at radius 1 is 1.04 bits per heavy atom. The van der Waals surface area contributed by atoms with E-state index in [0.717, 1.165) is 29.4 Å². The van der Waals surface area contributed by atoms with Crippen molar-refractivity contribution in [3.8, 4) is 0 Å². The summed E-state index contributed by atoms with van der Waals surface area (Å²) in [6.45, 7) is 5.86. The molecule has 6 heteroatoms. The number of rotatable bonds is 5. The van der Waals surface area contributed by atoms with Gasteiger partial charge in [-0.25, -0.2) is 0 Å². The maximum Gasteiger partial charge on any atom is 0.265 e. The van der Waals surface area contributed by atoms with Crippen molar-refractivity contribution < 1.29 is 9.59 Å². The lowest BCUT2D eigenvalue weighted by molar-refractivity contribution is -0.120. The van der Waals surface area contributed by atoms with Crippen LogP contribution in [0.1, 0.15) is 42.7 Å². The van der Waals surface area contributed by atoms with Crippen LogP contribution in [0.15, 0.2) is 42.5 Å². The first-order chi connectivity index (χ1) is 13.4. The predicted molar refractivity (Wildman–Crippen MR) is 116 cm³/mol. The van der Waals surface area contributed by atoms with Crippen molar-refractivity contribution >= 4 is 51.6 Å². The fraction of sp³-hybridized carbons (Fsp3) is 0.273. The summed E-state index contributed by atoms with van der Waals surface area (Å²) in [6, 6.07) is 12.4. The first-order valence-corrected chi connectivity index (χ1v) is 10.0. The molecule has 0 radical (unpaired) electrons. The third-order valence-corrected chi connectivity index (χ3v) is 5.62. The average molecular weight is 417 g/mol. The van der Waals surface area contributed by atoms with E-state index in [1.54, 1.807) is 28.8 Å². The van der Waals surface area contributed by atoms with Gasteiger partial charge in [0.05, 0.1) is 21.1 Å². The number of halogens is 2. The maximum atomic E-state index is 13.1. The van der Waals surface area contributed by atoms with Crippen LogP contribution in [0.2, 0.25) is 10.0 Å².